The van der Waals surface area contributed by atoms with Crippen LogP contribution in [0, 0.1) is 12.8 Å². The summed E-state index contributed by atoms with van der Waals surface area (Å²) in [5.41, 5.74) is 3.03. The third-order valence-corrected chi connectivity index (χ3v) is 7.22. The number of anilines is 1. The van der Waals surface area contributed by atoms with Crippen molar-refractivity contribution in [2.45, 2.75) is 51.7 Å². The molecule has 2 heterocycles. The summed E-state index contributed by atoms with van der Waals surface area (Å²) in [6, 6.07) is 12.7. The lowest BCUT2D eigenvalue weighted by Gasteiger charge is -2.29. The first kappa shape index (κ1) is 26.4. The molecule has 0 saturated carbocycles. The maximum Gasteiger partial charge on any atom is 0.254 e. The van der Waals surface area contributed by atoms with E-state index in [0.29, 0.717) is 30.5 Å². The van der Waals surface area contributed by atoms with Crippen LogP contribution in [0.15, 0.2) is 48.5 Å². The largest absolute Gasteiger partial charge is 0.378 e. The first-order valence-electron chi connectivity index (χ1n) is 12.9. The van der Waals surface area contributed by atoms with E-state index in [4.69, 9.17) is 0 Å². The Kier molecular flexibility index (Phi) is 7.66. The number of ketones is 1. The van der Waals surface area contributed by atoms with Crippen molar-refractivity contribution in [1.82, 2.24) is 15.1 Å². The Bertz CT molecular complexity index is 1170. The molecule has 2 fully saturated rings. The molecule has 2 aliphatic rings. The molecule has 2 aromatic carbocycles. The molecule has 2 saturated heterocycles. The second-order valence-electron chi connectivity index (χ2n) is 10.7. The number of benzene rings is 2. The molecule has 0 bridgehead atoms. The molecule has 0 radical (unpaired) electrons. The number of amides is 3. The van der Waals surface area contributed by atoms with Crippen molar-refractivity contribution in [3.63, 3.8) is 0 Å². The Morgan fingerprint density at radius 1 is 0.973 bits per heavy atom. The molecule has 3 amide bonds. The first-order chi connectivity index (χ1) is 17.6. The topological polar surface area (TPSA) is 90.0 Å². The second kappa shape index (κ2) is 10.7. The van der Waals surface area contributed by atoms with Gasteiger partial charge in [0.25, 0.3) is 11.8 Å². The number of fused-ring (bicyclic) bond motifs is 1. The van der Waals surface area contributed by atoms with Crippen molar-refractivity contribution in [3.8, 4) is 0 Å². The number of aryl methyl sites for hydroxylation is 1. The number of likely N-dealkylation sites (tertiary alicyclic amines) is 2. The SMILES string of the molecule is Cc1ccc(C(=O)N2CC(=O)[C@@H]3[C@H]2CCN3C(=O)[C@H](CC(C)C)NC(=O)c2ccc(N(C)C)cc2)cc1. The van der Waals surface area contributed by atoms with Crippen molar-refractivity contribution in [2.24, 2.45) is 5.92 Å². The Balaban J connectivity index is 1.49. The second-order valence-corrected chi connectivity index (χ2v) is 10.7. The number of hydrogen-bond acceptors (Lipinski definition) is 5. The first-order valence-corrected chi connectivity index (χ1v) is 12.9. The molecule has 0 aromatic heterocycles. The number of Topliss-reactive ketones (excluding diaryl/α,β-unsaturated/α-hetero) is 1. The van der Waals surface area contributed by atoms with Crippen molar-refractivity contribution in [1.29, 1.82) is 0 Å². The van der Waals surface area contributed by atoms with Crippen LogP contribution in [0.2, 0.25) is 0 Å². The Hall–Kier alpha value is -3.68. The van der Waals surface area contributed by atoms with Gasteiger partial charge < -0.3 is 20.0 Å². The number of hydrogen-bond donors (Lipinski definition) is 1. The number of carbonyl (C=O) groups excluding carboxylic acids is 4. The van der Waals surface area contributed by atoms with E-state index < -0.39 is 12.1 Å². The van der Waals surface area contributed by atoms with Gasteiger partial charge in [-0.3, -0.25) is 19.2 Å². The van der Waals surface area contributed by atoms with Gasteiger partial charge in [0.2, 0.25) is 5.91 Å². The fraction of sp³-hybridized carbons (Fsp3) is 0.448. The highest BCUT2D eigenvalue weighted by Gasteiger charge is 2.52. The van der Waals surface area contributed by atoms with Gasteiger partial charge in [0.1, 0.15) is 12.1 Å². The summed E-state index contributed by atoms with van der Waals surface area (Å²) in [5.74, 6) is -0.761. The number of rotatable bonds is 7. The summed E-state index contributed by atoms with van der Waals surface area (Å²) in [7, 11) is 3.85. The van der Waals surface area contributed by atoms with Gasteiger partial charge in [0.15, 0.2) is 5.78 Å². The van der Waals surface area contributed by atoms with E-state index in [-0.39, 0.29) is 42.0 Å². The van der Waals surface area contributed by atoms with E-state index in [2.05, 4.69) is 5.32 Å². The minimum absolute atomic E-state index is 0.00868. The van der Waals surface area contributed by atoms with E-state index in [0.717, 1.165) is 11.3 Å². The molecule has 3 atom stereocenters. The minimum atomic E-state index is -0.755. The summed E-state index contributed by atoms with van der Waals surface area (Å²) < 4.78 is 0. The fourth-order valence-electron chi connectivity index (χ4n) is 5.25. The van der Waals surface area contributed by atoms with Crippen LogP contribution in [0.4, 0.5) is 5.69 Å². The normalized spacial score (nSPS) is 19.7. The highest BCUT2D eigenvalue weighted by Crippen LogP contribution is 2.32. The zero-order valence-electron chi connectivity index (χ0n) is 22.2. The average Bonchev–Trinajstić information content (AvgIpc) is 3.44. The zero-order chi connectivity index (χ0) is 26.9. The van der Waals surface area contributed by atoms with Crippen molar-refractivity contribution < 1.29 is 19.2 Å². The molecular weight excluding hydrogens is 468 g/mol. The van der Waals surface area contributed by atoms with Gasteiger partial charge in [-0.05, 0) is 62.1 Å². The van der Waals surface area contributed by atoms with Crippen molar-refractivity contribution >= 4 is 29.2 Å². The molecule has 8 nitrogen and oxygen atoms in total. The maximum absolute atomic E-state index is 13.7. The summed E-state index contributed by atoms with van der Waals surface area (Å²) in [5, 5.41) is 2.91. The standard InChI is InChI=1S/C29H36N4O4/c1-18(2)16-23(30-27(35)20-10-12-22(13-11-20)31(4)5)29(37)32-15-14-24-26(32)25(34)17-33(24)28(36)21-8-6-19(3)7-9-21/h6-13,18,23-24,26H,14-17H2,1-5H3,(H,30,35)/t23-,24+,26-/m0/s1. The van der Waals surface area contributed by atoms with Gasteiger partial charge in [0, 0.05) is 37.5 Å². The smallest absolute Gasteiger partial charge is 0.254 e. The highest BCUT2D eigenvalue weighted by molar-refractivity contribution is 6.03. The summed E-state index contributed by atoms with van der Waals surface area (Å²) in [6.07, 6.45) is 0.989. The Labute approximate surface area is 218 Å². The van der Waals surface area contributed by atoms with Gasteiger partial charge >= 0.3 is 0 Å². The van der Waals surface area contributed by atoms with Gasteiger partial charge in [-0.2, -0.15) is 0 Å². The van der Waals surface area contributed by atoms with Crippen molar-refractivity contribution in [2.75, 3.05) is 32.1 Å². The minimum Gasteiger partial charge on any atom is -0.378 e. The van der Waals surface area contributed by atoms with Gasteiger partial charge in [0.05, 0.1) is 12.6 Å². The quantitative estimate of drug-likeness (QED) is 0.626. The molecule has 0 spiro atoms. The van der Waals surface area contributed by atoms with Crippen molar-refractivity contribution in [3.05, 3.63) is 65.2 Å². The molecule has 0 aliphatic carbocycles. The Morgan fingerprint density at radius 2 is 1.59 bits per heavy atom. The van der Waals surface area contributed by atoms with Gasteiger partial charge in [-0.25, -0.2) is 0 Å². The zero-order valence-corrected chi connectivity index (χ0v) is 22.2. The van der Waals surface area contributed by atoms with E-state index in [1.54, 1.807) is 34.1 Å². The average molecular weight is 505 g/mol. The summed E-state index contributed by atoms with van der Waals surface area (Å²) in [4.78, 5) is 58.1. The molecule has 37 heavy (non-hydrogen) atoms. The highest BCUT2D eigenvalue weighted by atomic mass is 16.2. The predicted molar refractivity (Wildman–Crippen MR) is 143 cm³/mol. The van der Waals surface area contributed by atoms with Crippen LogP contribution in [0.25, 0.3) is 0 Å². The van der Waals surface area contributed by atoms with Gasteiger partial charge in [-0.1, -0.05) is 31.5 Å². The lowest BCUT2D eigenvalue weighted by Crippen LogP contribution is -2.53. The van der Waals surface area contributed by atoms with Crippen LogP contribution in [0.1, 0.15) is 53.0 Å². The molecule has 2 aliphatic heterocycles. The van der Waals surface area contributed by atoms with Crippen LogP contribution >= 0.6 is 0 Å². The van der Waals surface area contributed by atoms with Gasteiger partial charge in [-0.15, -0.1) is 0 Å². The molecule has 4 rings (SSSR count). The maximum atomic E-state index is 13.7. The molecular formula is C29H36N4O4. The lowest BCUT2D eigenvalue weighted by atomic mass is 10.0. The number of nitrogens with zero attached hydrogens (tertiary/aromatic N) is 3. The molecule has 196 valence electrons. The predicted octanol–water partition coefficient (Wildman–Crippen LogP) is 2.90. The number of nitrogens with one attached hydrogen (secondary N) is 1. The Morgan fingerprint density at radius 3 is 2.19 bits per heavy atom. The fourth-order valence-corrected chi connectivity index (χ4v) is 5.25. The number of carbonyl (C=O) groups is 4. The third-order valence-electron chi connectivity index (χ3n) is 7.22. The molecule has 2 aromatic rings. The van der Waals surface area contributed by atoms with Crippen LogP contribution in [-0.4, -0.2) is 78.6 Å². The van der Waals surface area contributed by atoms with E-state index >= 15 is 0 Å². The summed E-state index contributed by atoms with van der Waals surface area (Å²) >= 11 is 0. The van der Waals surface area contributed by atoms with Crippen LogP contribution in [0.5, 0.6) is 0 Å². The monoisotopic (exact) mass is 504 g/mol. The molecule has 8 heteroatoms. The van der Waals surface area contributed by atoms with E-state index in [1.165, 1.54) is 0 Å². The summed E-state index contributed by atoms with van der Waals surface area (Å²) in [6.45, 7) is 6.31. The van der Waals surface area contributed by atoms with Crippen LogP contribution in [-0.2, 0) is 9.59 Å². The van der Waals surface area contributed by atoms with E-state index in [9.17, 15) is 19.2 Å². The molecule has 0 unspecified atom stereocenters. The lowest BCUT2D eigenvalue weighted by molar-refractivity contribution is -0.138. The third kappa shape index (κ3) is 5.53. The van der Waals surface area contributed by atoms with Crippen LogP contribution in [0.3, 0.4) is 0 Å². The van der Waals surface area contributed by atoms with E-state index in [1.807, 2.05) is 64.0 Å². The molecule has 1 N–H and O–H groups in total. The van der Waals surface area contributed by atoms with Crippen LogP contribution < -0.4 is 10.2 Å².